The Morgan fingerprint density at radius 2 is 1.36 bits per heavy atom. The van der Waals surface area contributed by atoms with Gasteiger partial charge in [-0.05, 0) is 144 Å². The van der Waals surface area contributed by atoms with E-state index in [1.807, 2.05) is 71.9 Å². The van der Waals surface area contributed by atoms with E-state index in [0.717, 1.165) is 16.7 Å². The number of piperazine rings is 2. The summed E-state index contributed by atoms with van der Waals surface area (Å²) in [5.41, 5.74) is 17.7. The smallest absolute Gasteiger partial charge is 0.329 e. The molecular formula is C97H130N20O19. The number of Topliss-reactive ketones (excluding diaryl/α,β-unsaturated/α-hetero) is 3. The monoisotopic (exact) mass is 1880 g/mol. The third kappa shape index (κ3) is 25.8. The predicted octanol–water partition coefficient (Wildman–Crippen LogP) is 7.87. The van der Waals surface area contributed by atoms with Gasteiger partial charge in [-0.15, -0.1) is 0 Å². The number of nitrogens with zero attached hydrogens (tertiary/aromatic N) is 16. The minimum atomic E-state index is -2.49. The van der Waals surface area contributed by atoms with E-state index >= 15 is 0 Å². The van der Waals surface area contributed by atoms with E-state index in [1.165, 1.54) is 43.1 Å². The molecule has 8 N–H and O–H groups in total. The van der Waals surface area contributed by atoms with Crippen LogP contribution in [-0.2, 0) is 79.7 Å². The number of hydrogen-bond donors (Lipinski definition) is 6. The zero-order chi connectivity index (χ0) is 96.9. The van der Waals surface area contributed by atoms with Gasteiger partial charge in [-0.3, -0.25) is 38.4 Å². The van der Waals surface area contributed by atoms with Crippen molar-refractivity contribution in [3.63, 3.8) is 0 Å². The van der Waals surface area contributed by atoms with Crippen LogP contribution >= 0.6 is 0 Å². The average molecular weight is 1880 g/mol. The topological polar surface area (TPSA) is 498 Å². The maximum Gasteiger partial charge on any atom is 0.329 e. The quantitative estimate of drug-likeness (QED) is 0.0123. The maximum atomic E-state index is 14.8. The van der Waals surface area contributed by atoms with Gasteiger partial charge in [0, 0.05) is 180 Å². The molecule has 0 unspecified atom stereocenters. The number of nitrogens with two attached hydrogens (primary N) is 2. The number of allylic oxidation sites excluding steroid dienone is 6. The number of rotatable bonds is 27. The fourth-order valence-electron chi connectivity index (χ4n) is 18.7. The van der Waals surface area contributed by atoms with Crippen LogP contribution < -0.4 is 36.8 Å². The summed E-state index contributed by atoms with van der Waals surface area (Å²) in [6, 6.07) is 4.31. The molecule has 136 heavy (non-hydrogen) atoms. The number of benzene rings is 1. The standard InChI is InChI=1S/C97H130N20O19/c1-58-18-12-11-13-19-59(2)75(129-8)49-70-25-21-64(7)97(128,136-70)86(123)91(126)116-32-16-14-20-72(116)92(127)134-76(50-73(118)60(3)45-63(6)84(122)85(131-10)83(121)62(5)44-58)61(4)46-65-22-27-74(78(47-65)130-9)133-80(120)28-23-66-51-102-94(103-52-66)114-38-40-115(41-39-114)96-106-55-69(56-107-96)90(125)101-31-43-132-42-29-79(119)112-34-36-113(37-35-112)95-104-53-68(54-105-95)89(124)100-30-15-17-33-117-88-81(87(98)108-57-109-88)82(111-117)67-24-26-71-77(48-67)135-93(99)110-71/h11-13,18-19,24,26,45,48,51-58,60-62,64-65,70,72,74-76,78,84-85,122,128H,14-17,20-23,25,27-44,46-47,49-50H2,1-10H3,(H2,99,110)(H,100,124)(H,101,125)(H2,98,108,109)/b13-11+,18-12+,59-19+,63-45+/t58-,60-,61-,62-,64-,65+,70+,72+,74-,75+,76+,78-,84-,85+,97-/m1/s1. The molecule has 4 saturated heterocycles. The van der Waals surface area contributed by atoms with Gasteiger partial charge in [-0.1, -0.05) is 77.1 Å². The first-order chi connectivity index (χ1) is 65.5. The largest absolute Gasteiger partial charge is 0.460 e. The highest BCUT2D eigenvalue weighted by Crippen LogP contribution is 2.40. The molecule has 0 spiro atoms. The molecule has 0 radical (unpaired) electrons. The minimum Gasteiger partial charge on any atom is -0.460 e. The Balaban J connectivity index is 0.513. The first-order valence-corrected chi connectivity index (χ1v) is 47.4. The number of unbranched alkanes of at least 4 members (excludes halogenated alkanes) is 1. The Kier molecular flexibility index (Phi) is 35.5. The Morgan fingerprint density at radius 3 is 2.03 bits per heavy atom. The number of cyclic esters (lactones) is 1. The summed E-state index contributed by atoms with van der Waals surface area (Å²) in [5, 5.41) is 35.1. The van der Waals surface area contributed by atoms with Crippen LogP contribution in [0.4, 0.5) is 29.7 Å². The van der Waals surface area contributed by atoms with Crippen molar-refractivity contribution >= 4 is 105 Å². The van der Waals surface area contributed by atoms with Gasteiger partial charge in [0.05, 0.1) is 54.5 Å². The van der Waals surface area contributed by atoms with Crippen molar-refractivity contribution in [2.45, 2.75) is 219 Å². The molecule has 39 heteroatoms. The molecule has 6 aromatic heterocycles. The van der Waals surface area contributed by atoms with Gasteiger partial charge in [0.15, 0.2) is 17.0 Å². The number of carbonyl (C=O) groups is 9. The van der Waals surface area contributed by atoms with Crippen molar-refractivity contribution in [1.82, 2.24) is 75.1 Å². The lowest BCUT2D eigenvalue weighted by atomic mass is 9.78. The SMILES string of the molecule is CO[C@H]1C[C@@H]2CC[C@@H](C)[C@@](O)(O2)C(=O)C(=O)N2CCCC[C@H]2C(=O)O[C@H]([C@H](C)C[C@@H]2CC[C@@H](OC(=O)CCc3cnc(N4CCN(c5ncc(C(=O)NCCOCCC(=O)N6CCN(c7ncc(C(=O)NCCCCn8nc(-c9ccc%10nc(N)oc%10c9)c9c(N)ncnc98)cn7)CC6)cn5)CC4)nc3)[C@H](OC)C2)CC(=O)[C@H](C)/C=C(\C)[C@@H](O)[C@@H](OC)C(=O)[C@H](C)C[C@H](C)/C=C/C=C/C=C/1C. The molecule has 1 aliphatic carbocycles. The number of piperidine rings is 1. The number of ether oxygens (including phenoxy) is 7. The molecule has 15 atom stereocenters. The van der Waals surface area contributed by atoms with Crippen LogP contribution in [0.25, 0.3) is 33.4 Å². The number of aromatic nitrogens is 11. The zero-order valence-electron chi connectivity index (χ0n) is 79.4. The lowest BCUT2D eigenvalue weighted by Gasteiger charge is -2.42. The molecule has 4 amide bonds. The summed E-state index contributed by atoms with van der Waals surface area (Å²) < 4.78 is 49.4. The van der Waals surface area contributed by atoms with Crippen LogP contribution in [0.2, 0.25) is 0 Å². The summed E-state index contributed by atoms with van der Waals surface area (Å²) in [6.45, 7) is 18.2. The van der Waals surface area contributed by atoms with E-state index < -0.39 is 102 Å². The molecule has 732 valence electrons. The molecule has 5 fully saturated rings. The fraction of sp³-hybridized carbons (Fsp3) is 0.577. The lowest BCUT2D eigenvalue weighted by Crippen LogP contribution is -2.61. The molecular weight excluding hydrogens is 1750 g/mol. The van der Waals surface area contributed by atoms with Crippen LogP contribution in [0.15, 0.2) is 114 Å². The molecule has 5 aliphatic heterocycles. The van der Waals surface area contributed by atoms with Gasteiger partial charge in [0.25, 0.3) is 29.5 Å². The number of oxazole rings is 1. The number of aliphatic hydroxyl groups is 2. The predicted molar refractivity (Wildman–Crippen MR) is 503 cm³/mol. The zero-order valence-corrected chi connectivity index (χ0v) is 79.4. The number of aryl methyl sites for hydroxylation is 2. The van der Waals surface area contributed by atoms with Gasteiger partial charge in [0.2, 0.25) is 29.5 Å². The second-order valence-corrected chi connectivity index (χ2v) is 36.7. The van der Waals surface area contributed by atoms with Crippen LogP contribution in [0.5, 0.6) is 0 Å². The number of carbonyl (C=O) groups excluding carboxylic acids is 9. The molecule has 7 aromatic rings. The van der Waals surface area contributed by atoms with Crippen LogP contribution in [0.1, 0.15) is 177 Å². The second-order valence-electron chi connectivity index (χ2n) is 36.7. The number of amides is 4. The summed E-state index contributed by atoms with van der Waals surface area (Å²) in [5.74, 6) is -8.16. The normalized spacial score (nSPS) is 26.8. The summed E-state index contributed by atoms with van der Waals surface area (Å²) in [4.78, 5) is 175. The molecule has 11 heterocycles. The molecule has 2 bridgehead atoms. The third-order valence-corrected chi connectivity index (χ3v) is 26.9. The number of anilines is 5. The minimum absolute atomic E-state index is 0.0267. The number of nitrogens with one attached hydrogen (secondary N) is 2. The molecule has 1 aromatic carbocycles. The number of nitrogen functional groups attached to an aromatic ring is 2. The van der Waals surface area contributed by atoms with Crippen molar-refractivity contribution in [2.75, 3.05) is 133 Å². The Morgan fingerprint density at radius 1 is 0.691 bits per heavy atom. The van der Waals surface area contributed by atoms with E-state index in [-0.39, 0.29) is 111 Å². The van der Waals surface area contributed by atoms with Crippen LogP contribution in [-0.4, -0.2) is 289 Å². The van der Waals surface area contributed by atoms with Gasteiger partial charge < -0.3 is 94.4 Å². The summed E-state index contributed by atoms with van der Waals surface area (Å²) >= 11 is 0. The highest BCUT2D eigenvalue weighted by atomic mass is 16.6. The van der Waals surface area contributed by atoms with Crippen molar-refractivity contribution in [1.29, 1.82) is 0 Å². The molecule has 13 rings (SSSR count). The van der Waals surface area contributed by atoms with E-state index in [1.54, 1.807) is 82.1 Å². The number of ketones is 3. The number of esters is 2. The van der Waals surface area contributed by atoms with Crippen molar-refractivity contribution in [3.8, 4) is 11.3 Å². The maximum absolute atomic E-state index is 14.8. The lowest BCUT2D eigenvalue weighted by molar-refractivity contribution is -0.265. The third-order valence-electron chi connectivity index (χ3n) is 26.9. The first-order valence-electron chi connectivity index (χ1n) is 47.4. The summed E-state index contributed by atoms with van der Waals surface area (Å²) in [6.07, 6.45) is 22.5. The first kappa shape index (κ1) is 101. The molecule has 39 nitrogen and oxygen atoms in total. The van der Waals surface area contributed by atoms with E-state index in [0.29, 0.717) is 205 Å². The van der Waals surface area contributed by atoms with Crippen molar-refractivity contribution in [2.24, 2.45) is 35.5 Å². The fourth-order valence-corrected chi connectivity index (χ4v) is 18.7. The van der Waals surface area contributed by atoms with Crippen LogP contribution in [0.3, 0.4) is 0 Å². The van der Waals surface area contributed by atoms with E-state index in [4.69, 9.17) is 54.1 Å². The molecule has 1 saturated carbocycles. The highest BCUT2D eigenvalue weighted by molar-refractivity contribution is 6.39. The summed E-state index contributed by atoms with van der Waals surface area (Å²) in [7, 11) is 4.50. The van der Waals surface area contributed by atoms with E-state index in [2.05, 4.69) is 55.5 Å². The average Bonchev–Trinajstić information content (AvgIpc) is 1.37. The number of aliphatic hydroxyl groups excluding tert-OH is 1. The van der Waals surface area contributed by atoms with E-state index in [9.17, 15) is 53.4 Å². The second kappa shape index (κ2) is 47.6. The van der Waals surface area contributed by atoms with Gasteiger partial charge >= 0.3 is 11.9 Å². The number of fused-ring (bicyclic) bond motifs is 5. The number of methoxy groups -OCH3 is 3. The van der Waals surface area contributed by atoms with Gasteiger partial charge in [-0.2, -0.15) is 10.1 Å². The molecule has 6 aliphatic rings. The Bertz CT molecular complexity index is 5420. The van der Waals surface area contributed by atoms with Crippen molar-refractivity contribution in [3.05, 3.63) is 126 Å². The Hall–Kier alpha value is -12.0. The highest BCUT2D eigenvalue weighted by Gasteiger charge is 2.53. The Labute approximate surface area is 791 Å². The van der Waals surface area contributed by atoms with Gasteiger partial charge in [0.1, 0.15) is 59.6 Å². The van der Waals surface area contributed by atoms with Gasteiger partial charge in [-0.25, -0.2) is 49.3 Å². The number of hydrogen-bond acceptors (Lipinski definition) is 34. The van der Waals surface area contributed by atoms with Crippen molar-refractivity contribution < 1.29 is 90.9 Å². The van der Waals surface area contributed by atoms with Crippen LogP contribution in [0, 0.1) is 35.5 Å².